The van der Waals surface area contributed by atoms with E-state index in [1.165, 1.54) is 23.3 Å². The molecule has 158 valence electrons. The smallest absolute Gasteiger partial charge is 0.170 e. The largest absolute Gasteiger partial charge is 0.491 e. The van der Waals surface area contributed by atoms with Crippen molar-refractivity contribution in [3.8, 4) is 17.0 Å². The molecule has 0 saturated heterocycles. The second-order valence-corrected chi connectivity index (χ2v) is 7.86. The third-order valence-corrected chi connectivity index (χ3v) is 5.74. The maximum absolute atomic E-state index is 13.3. The van der Waals surface area contributed by atoms with Gasteiger partial charge in [-0.2, -0.15) is 0 Å². The Morgan fingerprint density at radius 1 is 1.13 bits per heavy atom. The molecule has 0 bridgehead atoms. The molecule has 1 aliphatic carbocycles. The fourth-order valence-corrected chi connectivity index (χ4v) is 4.13. The summed E-state index contributed by atoms with van der Waals surface area (Å²) < 4.78 is 24.3. The summed E-state index contributed by atoms with van der Waals surface area (Å²) in [5, 5.41) is 18.6. The quantitative estimate of drug-likeness (QED) is 0.457. The Balaban J connectivity index is 1.16. The molecular weight excluding hydrogens is 395 g/mol. The van der Waals surface area contributed by atoms with Gasteiger partial charge in [0.1, 0.15) is 30.0 Å². The summed E-state index contributed by atoms with van der Waals surface area (Å²) in [7, 11) is 0. The molecule has 1 unspecified atom stereocenters. The maximum atomic E-state index is 13.3. The average molecular weight is 418 g/mol. The summed E-state index contributed by atoms with van der Waals surface area (Å²) in [6.45, 7) is 0.672. The fraction of sp³-hybridized carbons (Fsp3) is 0.240. The fourth-order valence-electron chi connectivity index (χ4n) is 4.13. The number of aliphatic hydroxyl groups is 1. The number of hydrogen-bond donors (Lipinski definition) is 2. The van der Waals surface area contributed by atoms with E-state index in [1.807, 2.05) is 24.3 Å². The first-order chi connectivity index (χ1) is 15.2. The average Bonchev–Trinajstić information content (AvgIpc) is 3.40. The van der Waals surface area contributed by atoms with Gasteiger partial charge in [0.2, 0.25) is 0 Å². The molecule has 5 rings (SSSR count). The van der Waals surface area contributed by atoms with Crippen molar-refractivity contribution >= 4 is 11.0 Å². The first-order valence-electron chi connectivity index (χ1n) is 10.4. The summed E-state index contributed by atoms with van der Waals surface area (Å²) in [5.74, 6) is 0.303. The van der Waals surface area contributed by atoms with Gasteiger partial charge in [-0.3, -0.25) is 0 Å². The predicted molar refractivity (Wildman–Crippen MR) is 116 cm³/mol. The van der Waals surface area contributed by atoms with E-state index in [0.29, 0.717) is 23.6 Å². The van der Waals surface area contributed by atoms with Gasteiger partial charge in [-0.25, -0.2) is 4.39 Å². The summed E-state index contributed by atoms with van der Waals surface area (Å²) in [6.07, 6.45) is 1.52. The van der Waals surface area contributed by atoms with Crippen molar-refractivity contribution in [2.45, 2.75) is 25.0 Å². The monoisotopic (exact) mass is 418 g/mol. The first kappa shape index (κ1) is 19.7. The molecule has 0 aliphatic heterocycles. The Kier molecular flexibility index (Phi) is 5.40. The van der Waals surface area contributed by atoms with Gasteiger partial charge in [-0.15, -0.1) is 0 Å². The molecule has 0 saturated carbocycles. The highest BCUT2D eigenvalue weighted by Crippen LogP contribution is 2.31. The topological polar surface area (TPSA) is 67.5 Å². The number of aliphatic hydroxyl groups excluding tert-OH is 1. The Hall–Kier alpha value is -3.22. The van der Waals surface area contributed by atoms with Crippen LogP contribution in [0.2, 0.25) is 0 Å². The van der Waals surface area contributed by atoms with E-state index in [0.717, 1.165) is 23.8 Å². The van der Waals surface area contributed by atoms with Gasteiger partial charge in [0.25, 0.3) is 0 Å². The minimum atomic E-state index is -0.609. The Labute approximate surface area is 179 Å². The van der Waals surface area contributed by atoms with E-state index in [-0.39, 0.29) is 18.5 Å². The van der Waals surface area contributed by atoms with Crippen molar-refractivity contribution in [2.75, 3.05) is 13.2 Å². The number of nitrogens with one attached hydrogen (secondary N) is 1. The number of aromatic nitrogens is 1. The van der Waals surface area contributed by atoms with Crippen molar-refractivity contribution < 1.29 is 18.8 Å². The van der Waals surface area contributed by atoms with Gasteiger partial charge < -0.3 is 19.7 Å². The molecule has 4 aromatic rings. The molecule has 2 N–H and O–H groups in total. The molecule has 3 aromatic carbocycles. The lowest BCUT2D eigenvalue weighted by Crippen LogP contribution is -2.33. The number of ether oxygens (including phenoxy) is 1. The van der Waals surface area contributed by atoms with Crippen LogP contribution >= 0.6 is 0 Å². The molecule has 31 heavy (non-hydrogen) atoms. The van der Waals surface area contributed by atoms with Crippen LogP contribution in [0.1, 0.15) is 23.6 Å². The summed E-state index contributed by atoms with van der Waals surface area (Å²) in [4.78, 5) is 0. The Bertz CT molecular complexity index is 1190. The van der Waals surface area contributed by atoms with Crippen molar-refractivity contribution in [2.24, 2.45) is 0 Å². The van der Waals surface area contributed by atoms with Crippen LogP contribution in [-0.4, -0.2) is 29.5 Å². The SMILES string of the molecule is O[C@@H](CNC1CCc2ccccc21)COc1ccc(-c2noc3cc(F)ccc23)cc1. The van der Waals surface area contributed by atoms with E-state index in [9.17, 15) is 9.50 Å². The van der Waals surface area contributed by atoms with E-state index in [2.05, 4.69) is 34.7 Å². The number of hydrogen-bond acceptors (Lipinski definition) is 5. The summed E-state index contributed by atoms with van der Waals surface area (Å²) >= 11 is 0. The zero-order valence-corrected chi connectivity index (χ0v) is 16.9. The predicted octanol–water partition coefficient (Wildman–Crippen LogP) is 4.65. The Morgan fingerprint density at radius 2 is 1.97 bits per heavy atom. The standard InChI is InChI=1S/C25H23FN2O3/c26-18-8-11-22-24(13-18)31-28-25(22)17-5-9-20(10-6-17)30-15-19(29)14-27-23-12-7-16-3-1-2-4-21(16)23/h1-6,8-11,13,19,23,27,29H,7,12,14-15H2/t19-,23?/m0/s1. The van der Waals surface area contributed by atoms with E-state index in [1.54, 1.807) is 6.07 Å². The molecule has 1 aromatic heterocycles. The summed E-state index contributed by atoms with van der Waals surface area (Å²) in [6, 6.07) is 20.5. The van der Waals surface area contributed by atoms with Gasteiger partial charge in [0.15, 0.2) is 5.58 Å². The second kappa shape index (κ2) is 8.49. The van der Waals surface area contributed by atoms with Gasteiger partial charge in [-0.1, -0.05) is 29.4 Å². The van der Waals surface area contributed by atoms with Gasteiger partial charge in [0.05, 0.1) is 0 Å². The van der Waals surface area contributed by atoms with Crippen LogP contribution in [-0.2, 0) is 6.42 Å². The molecule has 5 nitrogen and oxygen atoms in total. The van der Waals surface area contributed by atoms with Crippen LogP contribution in [0.25, 0.3) is 22.2 Å². The van der Waals surface area contributed by atoms with Crippen LogP contribution < -0.4 is 10.1 Å². The van der Waals surface area contributed by atoms with Crippen LogP contribution in [0.5, 0.6) is 5.75 Å². The highest BCUT2D eigenvalue weighted by molar-refractivity contribution is 5.91. The van der Waals surface area contributed by atoms with E-state index in [4.69, 9.17) is 9.26 Å². The van der Waals surface area contributed by atoms with Crippen LogP contribution in [0.15, 0.2) is 71.3 Å². The third kappa shape index (κ3) is 4.17. The molecule has 1 aliphatic rings. The van der Waals surface area contributed by atoms with Gasteiger partial charge in [0, 0.05) is 29.6 Å². The summed E-state index contributed by atoms with van der Waals surface area (Å²) in [5.41, 5.74) is 4.63. The minimum absolute atomic E-state index is 0.201. The molecule has 0 fully saturated rings. The molecule has 1 heterocycles. The van der Waals surface area contributed by atoms with Crippen LogP contribution in [0.4, 0.5) is 4.39 Å². The lowest BCUT2D eigenvalue weighted by Gasteiger charge is -2.18. The molecular formula is C25H23FN2O3. The number of rotatable bonds is 7. The van der Waals surface area contributed by atoms with Gasteiger partial charge in [-0.05, 0) is 60.4 Å². The van der Waals surface area contributed by atoms with Crippen molar-refractivity contribution in [3.63, 3.8) is 0 Å². The lowest BCUT2D eigenvalue weighted by atomic mass is 10.1. The van der Waals surface area contributed by atoms with Gasteiger partial charge >= 0.3 is 0 Å². The second-order valence-electron chi connectivity index (χ2n) is 7.86. The number of fused-ring (bicyclic) bond motifs is 2. The number of aryl methyl sites for hydroxylation is 1. The van der Waals surface area contributed by atoms with Crippen molar-refractivity contribution in [1.82, 2.24) is 10.5 Å². The molecule has 2 atom stereocenters. The zero-order chi connectivity index (χ0) is 21.2. The number of benzene rings is 3. The zero-order valence-electron chi connectivity index (χ0n) is 16.9. The third-order valence-electron chi connectivity index (χ3n) is 5.74. The van der Waals surface area contributed by atoms with Crippen molar-refractivity contribution in [1.29, 1.82) is 0 Å². The molecule has 0 amide bonds. The number of halogens is 1. The van der Waals surface area contributed by atoms with Crippen LogP contribution in [0, 0.1) is 5.82 Å². The molecule has 0 spiro atoms. The molecule has 0 radical (unpaired) electrons. The maximum Gasteiger partial charge on any atom is 0.170 e. The highest BCUT2D eigenvalue weighted by atomic mass is 19.1. The van der Waals surface area contributed by atoms with E-state index < -0.39 is 6.10 Å². The first-order valence-corrected chi connectivity index (χ1v) is 10.4. The minimum Gasteiger partial charge on any atom is -0.491 e. The molecule has 6 heteroatoms. The lowest BCUT2D eigenvalue weighted by molar-refractivity contribution is 0.103. The normalized spacial score (nSPS) is 16.4. The highest BCUT2D eigenvalue weighted by Gasteiger charge is 2.22. The van der Waals surface area contributed by atoms with Crippen molar-refractivity contribution in [3.05, 3.63) is 83.7 Å². The Morgan fingerprint density at radius 3 is 2.84 bits per heavy atom. The number of nitrogens with zero attached hydrogens (tertiary/aromatic N) is 1. The van der Waals surface area contributed by atoms with Crippen LogP contribution in [0.3, 0.4) is 0 Å². The van der Waals surface area contributed by atoms with E-state index >= 15 is 0 Å².